The standard InChI is InChI=1S/C19H39N2O4.ClH/c1-6-7-8-21(11-15(22)12-21)13-16(23)14-25-17-9-18(2,3)20(24)19(4,5)10-17;/h15-17,22-24H,6-14H2,1-5H3;1H/q+1;/p-1. The van der Waals surface area contributed by atoms with Crippen molar-refractivity contribution < 1.29 is 37.0 Å². The molecule has 0 aromatic carbocycles. The first kappa shape index (κ1) is 24.1. The summed E-state index contributed by atoms with van der Waals surface area (Å²) in [6.07, 6.45) is 3.05. The SMILES string of the molecule is CCCC[N+]1(CC(O)COC2CC(C)(C)N(O)C(C)(C)C2)CC(O)C1.[Cl-]. The Kier molecular flexibility index (Phi) is 8.37. The largest absolute Gasteiger partial charge is 1.00 e. The zero-order valence-corrected chi connectivity index (χ0v) is 17.9. The smallest absolute Gasteiger partial charge is 0.152 e. The number of aliphatic hydroxyl groups excluding tert-OH is 2. The molecule has 7 heteroatoms. The highest BCUT2D eigenvalue weighted by Gasteiger charge is 2.46. The first-order valence-electron chi connectivity index (χ1n) is 9.82. The zero-order valence-electron chi connectivity index (χ0n) is 17.1. The fourth-order valence-electron chi connectivity index (χ4n) is 4.80. The fourth-order valence-corrected chi connectivity index (χ4v) is 4.80. The van der Waals surface area contributed by atoms with Gasteiger partial charge in [-0.15, -0.1) is 0 Å². The van der Waals surface area contributed by atoms with E-state index in [1.54, 1.807) is 0 Å². The summed E-state index contributed by atoms with van der Waals surface area (Å²) < 4.78 is 6.86. The van der Waals surface area contributed by atoms with Crippen LogP contribution in [0.3, 0.4) is 0 Å². The molecule has 0 aromatic heterocycles. The van der Waals surface area contributed by atoms with Crippen molar-refractivity contribution in [1.29, 1.82) is 0 Å². The maximum absolute atomic E-state index is 10.5. The Hall–Kier alpha value is 0.0500. The lowest BCUT2D eigenvalue weighted by atomic mass is 9.80. The molecule has 0 amide bonds. The van der Waals surface area contributed by atoms with Gasteiger partial charge in [0.2, 0.25) is 0 Å². The summed E-state index contributed by atoms with van der Waals surface area (Å²) >= 11 is 0. The topological polar surface area (TPSA) is 73.2 Å². The monoisotopic (exact) mass is 394 g/mol. The Bertz CT molecular complexity index is 423. The van der Waals surface area contributed by atoms with Gasteiger partial charge in [-0.1, -0.05) is 13.3 Å². The second kappa shape index (κ2) is 9.03. The number of hydroxylamine groups is 2. The van der Waals surface area contributed by atoms with Crippen LogP contribution in [-0.4, -0.2) is 87.1 Å². The van der Waals surface area contributed by atoms with E-state index < -0.39 is 6.10 Å². The maximum Gasteiger partial charge on any atom is 0.152 e. The van der Waals surface area contributed by atoms with Crippen molar-refractivity contribution in [3.05, 3.63) is 0 Å². The van der Waals surface area contributed by atoms with Gasteiger partial charge in [0.15, 0.2) is 6.10 Å². The van der Waals surface area contributed by atoms with Crippen LogP contribution in [0, 0.1) is 0 Å². The van der Waals surface area contributed by atoms with Crippen LogP contribution in [0.25, 0.3) is 0 Å². The number of piperidine rings is 1. The third kappa shape index (κ3) is 5.77. The summed E-state index contributed by atoms with van der Waals surface area (Å²) in [7, 11) is 0. The van der Waals surface area contributed by atoms with Gasteiger partial charge in [0.1, 0.15) is 25.7 Å². The molecule has 3 N–H and O–H groups in total. The molecule has 0 aliphatic carbocycles. The van der Waals surface area contributed by atoms with Crippen LogP contribution in [0.15, 0.2) is 0 Å². The molecule has 2 rings (SSSR count). The minimum atomic E-state index is -0.511. The lowest BCUT2D eigenvalue weighted by Gasteiger charge is -2.51. The van der Waals surface area contributed by atoms with Gasteiger partial charge in [-0.05, 0) is 47.0 Å². The Balaban J connectivity index is 0.00000338. The number of aliphatic hydroxyl groups is 2. The zero-order chi connectivity index (χ0) is 18.9. The van der Waals surface area contributed by atoms with Crippen molar-refractivity contribution in [1.82, 2.24) is 5.06 Å². The molecule has 156 valence electrons. The highest BCUT2D eigenvalue weighted by molar-refractivity contribution is 4.96. The van der Waals surface area contributed by atoms with Gasteiger partial charge < -0.3 is 37.0 Å². The second-order valence-corrected chi connectivity index (χ2v) is 9.57. The molecule has 0 bridgehead atoms. The van der Waals surface area contributed by atoms with E-state index in [1.807, 2.05) is 27.7 Å². The molecular formula is C19H39ClN2O4. The van der Waals surface area contributed by atoms with Crippen LogP contribution >= 0.6 is 0 Å². The van der Waals surface area contributed by atoms with Gasteiger partial charge in [0.05, 0.1) is 19.3 Å². The predicted octanol–water partition coefficient (Wildman–Crippen LogP) is -1.23. The molecule has 1 atom stereocenters. The summed E-state index contributed by atoms with van der Waals surface area (Å²) in [4.78, 5) is 0. The highest BCUT2D eigenvalue weighted by Crippen LogP contribution is 2.38. The first-order chi connectivity index (χ1) is 11.5. The van der Waals surface area contributed by atoms with E-state index >= 15 is 0 Å². The van der Waals surface area contributed by atoms with Gasteiger partial charge in [-0.2, -0.15) is 5.06 Å². The van der Waals surface area contributed by atoms with Crippen molar-refractivity contribution in [2.75, 3.05) is 32.8 Å². The first-order valence-corrected chi connectivity index (χ1v) is 9.82. The Morgan fingerprint density at radius 1 is 1.15 bits per heavy atom. The van der Waals surface area contributed by atoms with Crippen LogP contribution in [-0.2, 0) is 4.74 Å². The normalized spacial score (nSPS) is 32.5. The number of rotatable bonds is 8. The van der Waals surface area contributed by atoms with E-state index in [1.165, 1.54) is 5.06 Å². The molecule has 0 spiro atoms. The van der Waals surface area contributed by atoms with Crippen molar-refractivity contribution in [2.24, 2.45) is 0 Å². The van der Waals surface area contributed by atoms with E-state index in [4.69, 9.17) is 4.74 Å². The summed E-state index contributed by atoms with van der Waals surface area (Å²) in [6, 6.07) is 0. The number of unbranched alkanes of at least 4 members (excludes halogenated alkanes) is 1. The molecule has 2 heterocycles. The van der Waals surface area contributed by atoms with E-state index in [2.05, 4.69) is 6.92 Å². The van der Waals surface area contributed by atoms with Gasteiger partial charge in [-0.25, -0.2) is 0 Å². The average Bonchev–Trinajstić information content (AvgIpc) is 2.46. The van der Waals surface area contributed by atoms with E-state index in [0.717, 1.165) is 49.8 Å². The van der Waals surface area contributed by atoms with Crippen LogP contribution in [0.2, 0.25) is 0 Å². The molecule has 0 aromatic rings. The molecule has 0 radical (unpaired) electrons. The Labute approximate surface area is 165 Å². The molecular weight excluding hydrogens is 356 g/mol. The summed E-state index contributed by atoms with van der Waals surface area (Å²) in [5.74, 6) is 0. The van der Waals surface area contributed by atoms with Crippen LogP contribution in [0.5, 0.6) is 0 Å². The lowest BCUT2D eigenvalue weighted by molar-refractivity contribution is -0.974. The van der Waals surface area contributed by atoms with Crippen LogP contribution in [0.1, 0.15) is 60.3 Å². The molecule has 2 aliphatic heterocycles. The van der Waals surface area contributed by atoms with Crippen molar-refractivity contribution in [2.45, 2.75) is 89.7 Å². The molecule has 1 unspecified atom stereocenters. The van der Waals surface area contributed by atoms with Gasteiger partial charge in [0, 0.05) is 11.1 Å². The number of nitrogens with zero attached hydrogens (tertiary/aromatic N) is 2. The summed E-state index contributed by atoms with van der Waals surface area (Å²) in [6.45, 7) is 13.8. The predicted molar refractivity (Wildman–Crippen MR) is 97.4 cm³/mol. The lowest BCUT2D eigenvalue weighted by Crippen LogP contribution is -3.00. The molecule has 2 fully saturated rings. The van der Waals surface area contributed by atoms with Crippen molar-refractivity contribution in [3.63, 3.8) is 0 Å². The van der Waals surface area contributed by atoms with Gasteiger partial charge in [-0.3, -0.25) is 0 Å². The average molecular weight is 395 g/mol. The van der Waals surface area contributed by atoms with Gasteiger partial charge >= 0.3 is 0 Å². The third-order valence-corrected chi connectivity index (χ3v) is 5.91. The van der Waals surface area contributed by atoms with E-state index in [0.29, 0.717) is 13.2 Å². The summed E-state index contributed by atoms with van der Waals surface area (Å²) in [5.41, 5.74) is -0.679. The quantitative estimate of drug-likeness (QED) is 0.450. The fraction of sp³-hybridized carbons (Fsp3) is 1.00. The summed E-state index contributed by atoms with van der Waals surface area (Å²) in [5, 5.41) is 32.0. The molecule has 0 saturated carbocycles. The molecule has 26 heavy (non-hydrogen) atoms. The Morgan fingerprint density at radius 2 is 1.69 bits per heavy atom. The van der Waals surface area contributed by atoms with Crippen LogP contribution in [0.4, 0.5) is 0 Å². The number of halogens is 1. The van der Waals surface area contributed by atoms with Crippen LogP contribution < -0.4 is 12.4 Å². The van der Waals surface area contributed by atoms with Crippen molar-refractivity contribution in [3.8, 4) is 0 Å². The number of hydrogen-bond donors (Lipinski definition) is 3. The highest BCUT2D eigenvalue weighted by atomic mass is 35.5. The Morgan fingerprint density at radius 3 is 2.15 bits per heavy atom. The van der Waals surface area contributed by atoms with Crippen molar-refractivity contribution >= 4 is 0 Å². The number of hydrogen-bond acceptors (Lipinski definition) is 5. The molecule has 6 nitrogen and oxygen atoms in total. The molecule has 2 saturated heterocycles. The second-order valence-electron chi connectivity index (χ2n) is 9.57. The maximum atomic E-state index is 10.5. The minimum Gasteiger partial charge on any atom is -1.00 e. The molecule has 2 aliphatic rings. The number of quaternary nitrogens is 1. The number of likely N-dealkylation sites (tertiary alicyclic amines) is 1. The number of ether oxygens (including phenoxy) is 1. The minimum absolute atomic E-state index is 0. The van der Waals surface area contributed by atoms with E-state index in [9.17, 15) is 15.4 Å². The van der Waals surface area contributed by atoms with E-state index in [-0.39, 0.29) is 35.7 Å². The third-order valence-electron chi connectivity index (χ3n) is 5.91. The van der Waals surface area contributed by atoms with Gasteiger partial charge in [0.25, 0.3) is 0 Å².